The molecule has 37 heavy (non-hydrogen) atoms. The number of hydrogen-bond donors (Lipinski definition) is 0. The van der Waals surface area contributed by atoms with Crippen LogP contribution in [0.5, 0.6) is 5.75 Å². The van der Waals surface area contributed by atoms with Gasteiger partial charge in [0.1, 0.15) is 17.5 Å². The summed E-state index contributed by atoms with van der Waals surface area (Å²) in [6, 6.07) is 8.49. The second-order valence-electron chi connectivity index (χ2n) is 8.51. The van der Waals surface area contributed by atoms with Gasteiger partial charge in [-0.3, -0.25) is 14.5 Å². The molecule has 0 N–H and O–H groups in total. The molecular formula is C26H21ClF3N3O3S. The number of carbonyl (C=O) groups is 2. The second kappa shape index (κ2) is 10.4. The Balaban J connectivity index is 1.82. The molecule has 0 saturated carbocycles. The molecular weight excluding hydrogens is 527 g/mol. The van der Waals surface area contributed by atoms with E-state index in [1.165, 1.54) is 16.3 Å². The van der Waals surface area contributed by atoms with Gasteiger partial charge in [-0.1, -0.05) is 11.6 Å². The highest BCUT2D eigenvalue weighted by Crippen LogP contribution is 2.38. The number of amides is 2. The van der Waals surface area contributed by atoms with Crippen LogP contribution in [0.25, 0.3) is 0 Å². The van der Waals surface area contributed by atoms with E-state index in [9.17, 15) is 22.8 Å². The lowest BCUT2D eigenvalue weighted by molar-refractivity contribution is -0.137. The number of thiazole rings is 1. The number of hydrogen-bond acceptors (Lipinski definition) is 5. The lowest BCUT2D eigenvalue weighted by atomic mass is 10.1. The molecule has 0 spiro atoms. The molecule has 3 aromatic rings. The van der Waals surface area contributed by atoms with Gasteiger partial charge in [0.25, 0.3) is 5.91 Å². The third kappa shape index (κ3) is 5.73. The van der Waals surface area contributed by atoms with Gasteiger partial charge in [-0.2, -0.15) is 13.2 Å². The Morgan fingerprint density at radius 3 is 2.57 bits per heavy atom. The van der Waals surface area contributed by atoms with Gasteiger partial charge in [-0.25, -0.2) is 4.98 Å². The zero-order valence-corrected chi connectivity index (χ0v) is 21.3. The first kappa shape index (κ1) is 26.5. The van der Waals surface area contributed by atoms with Crippen molar-refractivity contribution in [2.24, 2.45) is 0 Å². The predicted molar refractivity (Wildman–Crippen MR) is 136 cm³/mol. The van der Waals surface area contributed by atoms with E-state index < -0.39 is 35.7 Å². The molecule has 192 valence electrons. The zero-order valence-electron chi connectivity index (χ0n) is 19.8. The number of benzene rings is 2. The third-order valence-electron chi connectivity index (χ3n) is 5.56. The standard InChI is InChI=1S/C26H21ClF3N3O3S/c1-4-23-31-21(14-37-23)24(34)33(19-11-16(26(28,29)30)12-20(13-19)36-15(2)3)22-9-10-32(25(22)35)18-7-5-17(27)6-8-18/h1,5-8,11-15,22H,9-10H2,2-3H3. The average molecular weight is 548 g/mol. The summed E-state index contributed by atoms with van der Waals surface area (Å²) in [6.07, 6.45) is 0.418. The summed E-state index contributed by atoms with van der Waals surface area (Å²) >= 11 is 7.00. The second-order valence-corrected chi connectivity index (χ2v) is 9.80. The van der Waals surface area contributed by atoms with Crippen LogP contribution in [0.4, 0.5) is 24.5 Å². The molecule has 6 nitrogen and oxygen atoms in total. The Morgan fingerprint density at radius 1 is 1.27 bits per heavy atom. The van der Waals surface area contributed by atoms with Gasteiger partial charge in [0.05, 0.1) is 11.7 Å². The molecule has 0 radical (unpaired) electrons. The van der Waals surface area contributed by atoms with Crippen LogP contribution in [0.2, 0.25) is 5.02 Å². The van der Waals surface area contributed by atoms with E-state index >= 15 is 0 Å². The fourth-order valence-corrected chi connectivity index (χ4v) is 4.73. The lowest BCUT2D eigenvalue weighted by Crippen LogP contribution is -2.46. The number of rotatable bonds is 6. The van der Waals surface area contributed by atoms with Gasteiger partial charge in [0.15, 0.2) is 5.01 Å². The van der Waals surface area contributed by atoms with Crippen LogP contribution in [-0.2, 0) is 11.0 Å². The number of anilines is 2. The predicted octanol–water partition coefficient (Wildman–Crippen LogP) is 6.04. The van der Waals surface area contributed by atoms with E-state index in [4.69, 9.17) is 22.8 Å². The van der Waals surface area contributed by atoms with E-state index in [0.717, 1.165) is 28.4 Å². The quantitative estimate of drug-likeness (QED) is 0.353. The number of terminal acetylenes is 1. The average Bonchev–Trinajstić information content (AvgIpc) is 3.46. The SMILES string of the molecule is C#Cc1nc(C(=O)N(c2cc(OC(C)C)cc(C(F)(F)F)c2)C2CCN(c3ccc(Cl)cc3)C2=O)cs1. The molecule has 0 bridgehead atoms. The Morgan fingerprint density at radius 2 is 1.97 bits per heavy atom. The van der Waals surface area contributed by atoms with E-state index in [2.05, 4.69) is 10.9 Å². The summed E-state index contributed by atoms with van der Waals surface area (Å²) in [7, 11) is 0. The molecule has 1 aliphatic heterocycles. The molecule has 1 fully saturated rings. The summed E-state index contributed by atoms with van der Waals surface area (Å²) < 4.78 is 47.0. The highest BCUT2D eigenvalue weighted by Gasteiger charge is 2.42. The number of halogens is 4. The minimum absolute atomic E-state index is 0.0700. The van der Waals surface area contributed by atoms with Gasteiger partial charge >= 0.3 is 6.18 Å². The minimum Gasteiger partial charge on any atom is -0.491 e. The van der Waals surface area contributed by atoms with Crippen molar-refractivity contribution in [3.05, 3.63) is 69.1 Å². The molecule has 1 unspecified atom stereocenters. The molecule has 4 rings (SSSR count). The van der Waals surface area contributed by atoms with Crippen molar-refractivity contribution >= 4 is 46.1 Å². The van der Waals surface area contributed by atoms with Gasteiger partial charge in [0, 0.05) is 34.4 Å². The number of carbonyl (C=O) groups excluding carboxylic acids is 2. The van der Waals surface area contributed by atoms with Crippen molar-refractivity contribution in [3.8, 4) is 18.1 Å². The zero-order chi connectivity index (χ0) is 26.9. The maximum absolute atomic E-state index is 13.8. The Hall–Kier alpha value is -3.55. The maximum Gasteiger partial charge on any atom is 0.416 e. The number of nitrogens with zero attached hydrogens (tertiary/aromatic N) is 3. The van der Waals surface area contributed by atoms with Crippen LogP contribution in [0.15, 0.2) is 47.8 Å². The molecule has 1 saturated heterocycles. The smallest absolute Gasteiger partial charge is 0.416 e. The summed E-state index contributed by atoms with van der Waals surface area (Å²) in [5.74, 6) is 1.05. The fraction of sp³-hybridized carbons (Fsp3) is 0.269. The summed E-state index contributed by atoms with van der Waals surface area (Å²) in [5.41, 5.74) is -0.664. The van der Waals surface area contributed by atoms with Crippen molar-refractivity contribution < 1.29 is 27.5 Å². The van der Waals surface area contributed by atoms with Gasteiger partial charge < -0.3 is 9.64 Å². The Kier molecular flexibility index (Phi) is 7.48. The monoisotopic (exact) mass is 547 g/mol. The van der Waals surface area contributed by atoms with E-state index in [1.807, 2.05) is 0 Å². The van der Waals surface area contributed by atoms with Crippen molar-refractivity contribution in [1.29, 1.82) is 0 Å². The summed E-state index contributed by atoms with van der Waals surface area (Å²) in [6.45, 7) is 3.59. The molecule has 2 heterocycles. The normalized spacial score (nSPS) is 15.7. The molecule has 2 aromatic carbocycles. The van der Waals surface area contributed by atoms with Gasteiger partial charge in [-0.15, -0.1) is 17.8 Å². The number of alkyl halides is 3. The third-order valence-corrected chi connectivity index (χ3v) is 6.59. The lowest BCUT2D eigenvalue weighted by Gasteiger charge is -2.29. The van der Waals surface area contributed by atoms with Crippen LogP contribution in [0.3, 0.4) is 0 Å². The van der Waals surface area contributed by atoms with E-state index in [-0.39, 0.29) is 35.1 Å². The van der Waals surface area contributed by atoms with Gasteiger partial charge in [-0.05, 0) is 62.6 Å². The van der Waals surface area contributed by atoms with Crippen molar-refractivity contribution in [2.75, 3.05) is 16.3 Å². The van der Waals surface area contributed by atoms with Crippen LogP contribution >= 0.6 is 22.9 Å². The highest BCUT2D eigenvalue weighted by atomic mass is 35.5. The maximum atomic E-state index is 13.8. The van der Waals surface area contributed by atoms with E-state index in [0.29, 0.717) is 10.7 Å². The van der Waals surface area contributed by atoms with Crippen LogP contribution in [0, 0.1) is 12.3 Å². The van der Waals surface area contributed by atoms with Crippen molar-refractivity contribution in [2.45, 2.75) is 38.6 Å². The molecule has 11 heteroatoms. The van der Waals surface area contributed by atoms with Crippen molar-refractivity contribution in [3.63, 3.8) is 0 Å². The van der Waals surface area contributed by atoms with Crippen LogP contribution in [0.1, 0.15) is 41.3 Å². The van der Waals surface area contributed by atoms with Crippen LogP contribution in [-0.4, -0.2) is 35.5 Å². The minimum atomic E-state index is -4.72. The van der Waals surface area contributed by atoms with Crippen LogP contribution < -0.4 is 14.5 Å². The Bertz CT molecular complexity index is 1370. The highest BCUT2D eigenvalue weighted by molar-refractivity contribution is 7.10. The largest absolute Gasteiger partial charge is 0.491 e. The first-order valence-electron chi connectivity index (χ1n) is 11.2. The summed E-state index contributed by atoms with van der Waals surface area (Å²) in [4.78, 5) is 33.8. The van der Waals surface area contributed by atoms with E-state index in [1.54, 1.807) is 38.1 Å². The van der Waals surface area contributed by atoms with Crippen molar-refractivity contribution in [1.82, 2.24) is 4.98 Å². The topological polar surface area (TPSA) is 62.7 Å². The summed E-state index contributed by atoms with van der Waals surface area (Å²) in [5, 5.41) is 2.13. The molecule has 1 atom stereocenters. The number of ether oxygens (including phenoxy) is 1. The fourth-order valence-electron chi connectivity index (χ4n) is 4.01. The Labute approximate surface area is 220 Å². The molecule has 1 aromatic heterocycles. The molecule has 2 amide bonds. The molecule has 0 aliphatic carbocycles. The first-order chi connectivity index (χ1) is 17.5. The number of aromatic nitrogens is 1. The first-order valence-corrected chi connectivity index (χ1v) is 12.4. The van der Waals surface area contributed by atoms with Gasteiger partial charge in [0.2, 0.25) is 5.91 Å². The molecule has 1 aliphatic rings.